The number of unbranched alkanes of at least 4 members (excludes halogenated alkanes) is 3. The molecule has 0 spiro atoms. The van der Waals surface area contributed by atoms with E-state index in [4.69, 9.17) is 9.84 Å². The number of esters is 1. The normalized spacial score (nSPS) is 15.6. The Morgan fingerprint density at radius 2 is 1.62 bits per heavy atom. The van der Waals surface area contributed by atoms with Gasteiger partial charge in [-0.25, -0.2) is 0 Å². The lowest BCUT2D eigenvalue weighted by Crippen LogP contribution is -2.44. The Morgan fingerprint density at radius 1 is 1.00 bits per heavy atom. The molecule has 0 fully saturated rings. The van der Waals surface area contributed by atoms with E-state index >= 15 is 0 Å². The first kappa shape index (κ1) is 22.8. The van der Waals surface area contributed by atoms with Crippen LogP contribution in [-0.2, 0) is 14.3 Å². The predicted octanol–water partition coefficient (Wildman–Crippen LogP) is 1.16. The number of nitrogens with zero attached hydrogens (tertiary/aromatic N) is 1. The third kappa shape index (κ3) is 12.3. The summed E-state index contributed by atoms with van der Waals surface area (Å²) in [5, 5.41) is 28.7. The van der Waals surface area contributed by atoms with Crippen LogP contribution in [0.1, 0.15) is 51.9 Å². The van der Waals surface area contributed by atoms with Crippen LogP contribution in [0.25, 0.3) is 0 Å². The Hall–Kier alpha value is -1.18. The van der Waals surface area contributed by atoms with Gasteiger partial charge < -0.3 is 24.5 Å². The largest absolute Gasteiger partial charge is 0.481 e. The monoisotopic (exact) mass is 348 g/mol. The lowest BCUT2D eigenvalue weighted by molar-refractivity contribution is -0.873. The number of aliphatic carboxylic acids is 1. The molecule has 0 aromatic carbocycles. The second kappa shape index (κ2) is 11.4. The second-order valence-corrected chi connectivity index (χ2v) is 7.37. The van der Waals surface area contributed by atoms with E-state index in [1.807, 2.05) is 21.1 Å². The summed E-state index contributed by atoms with van der Waals surface area (Å²) in [5.74, 6) is -1.73. The van der Waals surface area contributed by atoms with Crippen molar-refractivity contribution in [2.75, 3.05) is 27.7 Å². The number of aliphatic hydroxyl groups is 2. The van der Waals surface area contributed by atoms with Gasteiger partial charge in [0.15, 0.2) is 6.10 Å². The summed E-state index contributed by atoms with van der Waals surface area (Å²) in [7, 11) is 5.62. The van der Waals surface area contributed by atoms with Crippen molar-refractivity contribution >= 4 is 11.9 Å². The molecule has 0 radical (unpaired) electrons. The summed E-state index contributed by atoms with van der Waals surface area (Å²) in [5.41, 5.74) is 0. The minimum Gasteiger partial charge on any atom is -0.481 e. The van der Waals surface area contributed by atoms with E-state index in [-0.39, 0.29) is 12.8 Å². The van der Waals surface area contributed by atoms with Crippen LogP contribution in [0.4, 0.5) is 0 Å². The Labute approximate surface area is 144 Å². The summed E-state index contributed by atoms with van der Waals surface area (Å²) >= 11 is 0. The Balaban J connectivity index is 4.36. The quantitative estimate of drug-likeness (QED) is 0.262. The SMILES string of the molecule is CCCCCCC(O)C(O)CC(=O)OC(CC(=O)O)C[N+](C)(C)C. The highest BCUT2D eigenvalue weighted by atomic mass is 16.5. The van der Waals surface area contributed by atoms with E-state index in [2.05, 4.69) is 6.92 Å². The molecule has 7 nitrogen and oxygen atoms in total. The van der Waals surface area contributed by atoms with Crippen molar-refractivity contribution in [3.8, 4) is 0 Å². The molecular weight excluding hydrogens is 314 g/mol. The first-order chi connectivity index (χ1) is 11.0. The summed E-state index contributed by atoms with van der Waals surface area (Å²) in [6, 6.07) is 0. The standard InChI is InChI=1S/C17H33NO6/c1-5-6-7-8-9-14(19)15(20)11-17(23)24-13(10-16(21)22)12-18(2,3)4/h13-15,19-20H,5-12H2,1-4H3/p+1. The van der Waals surface area contributed by atoms with E-state index in [1.54, 1.807) is 0 Å². The number of carboxylic acids is 1. The van der Waals surface area contributed by atoms with E-state index < -0.39 is 30.3 Å². The molecule has 0 saturated carbocycles. The van der Waals surface area contributed by atoms with Crippen molar-refractivity contribution in [3.63, 3.8) is 0 Å². The van der Waals surface area contributed by atoms with Gasteiger partial charge in [0.2, 0.25) is 0 Å². The maximum Gasteiger partial charge on any atom is 0.309 e. The van der Waals surface area contributed by atoms with E-state index in [0.717, 1.165) is 25.7 Å². The van der Waals surface area contributed by atoms with Crippen LogP contribution in [-0.4, -0.2) is 77.7 Å². The Kier molecular flexibility index (Phi) is 10.8. The topological polar surface area (TPSA) is 104 Å². The number of carbonyl (C=O) groups excluding carboxylic acids is 1. The molecule has 0 aliphatic rings. The lowest BCUT2D eigenvalue weighted by Gasteiger charge is -2.28. The van der Waals surface area contributed by atoms with Gasteiger partial charge >= 0.3 is 11.9 Å². The summed E-state index contributed by atoms with van der Waals surface area (Å²) in [4.78, 5) is 22.8. The van der Waals surface area contributed by atoms with Crippen LogP contribution >= 0.6 is 0 Å². The molecule has 3 unspecified atom stereocenters. The number of carboxylic acid groups (broad SMARTS) is 1. The highest BCUT2D eigenvalue weighted by Crippen LogP contribution is 2.13. The molecule has 0 aliphatic carbocycles. The molecule has 0 aliphatic heterocycles. The number of aliphatic hydroxyl groups excluding tert-OH is 2. The smallest absolute Gasteiger partial charge is 0.309 e. The maximum atomic E-state index is 11.9. The molecule has 7 heteroatoms. The van der Waals surface area contributed by atoms with Crippen molar-refractivity contribution in [3.05, 3.63) is 0 Å². The number of rotatable bonds is 13. The van der Waals surface area contributed by atoms with Crippen molar-refractivity contribution in [2.24, 2.45) is 0 Å². The van der Waals surface area contributed by atoms with Crippen LogP contribution in [0.3, 0.4) is 0 Å². The van der Waals surface area contributed by atoms with Crippen LogP contribution in [0.2, 0.25) is 0 Å². The predicted molar refractivity (Wildman–Crippen MR) is 90.4 cm³/mol. The van der Waals surface area contributed by atoms with Gasteiger partial charge in [0.05, 0.1) is 46.2 Å². The average molecular weight is 348 g/mol. The highest BCUT2D eigenvalue weighted by molar-refractivity contribution is 5.72. The van der Waals surface area contributed by atoms with E-state index in [1.165, 1.54) is 0 Å². The fourth-order valence-electron chi connectivity index (χ4n) is 2.46. The molecule has 0 rings (SSSR count). The van der Waals surface area contributed by atoms with E-state index in [0.29, 0.717) is 17.4 Å². The zero-order valence-corrected chi connectivity index (χ0v) is 15.4. The molecule has 3 atom stereocenters. The number of hydrogen-bond donors (Lipinski definition) is 3. The summed E-state index contributed by atoms with van der Waals surface area (Å²) in [6.45, 7) is 2.44. The number of quaternary nitrogens is 1. The fraction of sp³-hybridized carbons (Fsp3) is 0.882. The molecule has 0 heterocycles. The van der Waals surface area contributed by atoms with E-state index in [9.17, 15) is 19.8 Å². The minimum atomic E-state index is -1.19. The molecule has 0 bridgehead atoms. The Bertz CT molecular complexity index is 380. The van der Waals surface area contributed by atoms with Crippen molar-refractivity contribution in [1.82, 2.24) is 0 Å². The zero-order chi connectivity index (χ0) is 18.8. The summed E-state index contributed by atoms with van der Waals surface area (Å²) in [6.07, 6.45) is 0.850. The number of likely N-dealkylation sites (N-methyl/N-ethyl adjacent to an activating group) is 1. The third-order valence-corrected chi connectivity index (χ3v) is 3.63. The highest BCUT2D eigenvalue weighted by Gasteiger charge is 2.27. The van der Waals surface area contributed by atoms with Crippen molar-refractivity contribution in [1.29, 1.82) is 0 Å². The molecule has 0 amide bonds. The molecular formula is C17H34NO6+. The van der Waals surface area contributed by atoms with Gasteiger partial charge in [-0.2, -0.15) is 0 Å². The third-order valence-electron chi connectivity index (χ3n) is 3.63. The van der Waals surface area contributed by atoms with Gasteiger partial charge in [0, 0.05) is 0 Å². The van der Waals surface area contributed by atoms with Gasteiger partial charge in [-0.15, -0.1) is 0 Å². The van der Waals surface area contributed by atoms with Gasteiger partial charge in [-0.3, -0.25) is 9.59 Å². The molecule has 0 aromatic heterocycles. The number of hydrogen-bond acceptors (Lipinski definition) is 5. The number of carbonyl (C=O) groups is 2. The molecule has 142 valence electrons. The van der Waals surface area contributed by atoms with Crippen LogP contribution in [0, 0.1) is 0 Å². The fourth-order valence-corrected chi connectivity index (χ4v) is 2.46. The molecule has 3 N–H and O–H groups in total. The van der Waals surface area contributed by atoms with Crippen LogP contribution < -0.4 is 0 Å². The van der Waals surface area contributed by atoms with Gasteiger partial charge in [0.25, 0.3) is 0 Å². The second-order valence-electron chi connectivity index (χ2n) is 7.37. The maximum absolute atomic E-state index is 11.9. The van der Waals surface area contributed by atoms with Crippen molar-refractivity contribution in [2.45, 2.75) is 70.2 Å². The van der Waals surface area contributed by atoms with Crippen LogP contribution in [0.5, 0.6) is 0 Å². The first-order valence-corrected chi connectivity index (χ1v) is 8.63. The molecule has 0 aromatic rings. The molecule has 0 saturated heterocycles. The van der Waals surface area contributed by atoms with Gasteiger partial charge in [-0.05, 0) is 6.42 Å². The number of ether oxygens (including phenoxy) is 1. The summed E-state index contributed by atoms with van der Waals surface area (Å²) < 4.78 is 5.65. The van der Waals surface area contributed by atoms with Crippen LogP contribution in [0.15, 0.2) is 0 Å². The van der Waals surface area contributed by atoms with Gasteiger partial charge in [-0.1, -0.05) is 32.6 Å². The van der Waals surface area contributed by atoms with Gasteiger partial charge in [0.1, 0.15) is 6.54 Å². The minimum absolute atomic E-state index is 0.281. The zero-order valence-electron chi connectivity index (χ0n) is 15.4. The molecule has 24 heavy (non-hydrogen) atoms. The van der Waals surface area contributed by atoms with Crippen molar-refractivity contribution < 1.29 is 34.1 Å². The Morgan fingerprint density at radius 3 is 2.12 bits per heavy atom. The lowest BCUT2D eigenvalue weighted by atomic mass is 10.0. The average Bonchev–Trinajstić information content (AvgIpc) is 2.40. The first-order valence-electron chi connectivity index (χ1n) is 8.63.